The summed E-state index contributed by atoms with van der Waals surface area (Å²) >= 11 is 0. The van der Waals surface area contributed by atoms with Gasteiger partial charge in [-0.05, 0) is 13.8 Å². The highest BCUT2D eigenvalue weighted by Crippen LogP contribution is 2.11. The predicted octanol–water partition coefficient (Wildman–Crippen LogP) is -0.723. The third kappa shape index (κ3) is 2.43. The maximum Gasteiger partial charge on any atom is 0.330 e. The Morgan fingerprint density at radius 1 is 1.48 bits per heavy atom. The van der Waals surface area contributed by atoms with Crippen molar-refractivity contribution in [3.8, 4) is 0 Å². The van der Waals surface area contributed by atoms with Gasteiger partial charge in [-0.1, -0.05) is 5.16 Å². The Labute approximate surface area is 128 Å². The summed E-state index contributed by atoms with van der Waals surface area (Å²) in [5.41, 5.74) is 4.68. The van der Waals surface area contributed by atoms with Crippen LogP contribution in [0.2, 0.25) is 0 Å². The van der Waals surface area contributed by atoms with Crippen molar-refractivity contribution in [1.82, 2.24) is 24.3 Å². The lowest BCUT2D eigenvalue weighted by atomic mass is 10.3. The summed E-state index contributed by atoms with van der Waals surface area (Å²) in [5, 5.41) is 3.76. The number of aromatic nitrogens is 5. The van der Waals surface area contributed by atoms with E-state index in [1.54, 1.807) is 19.9 Å². The predicted molar refractivity (Wildman–Crippen MR) is 78.9 cm³/mol. The van der Waals surface area contributed by atoms with Crippen LogP contribution in [0.5, 0.6) is 0 Å². The molecular formula is C13H14N6O4. The number of nitrogens with two attached hydrogens (primary N) is 1. The highest BCUT2D eigenvalue weighted by Gasteiger charge is 2.19. The molecule has 120 valence electrons. The van der Waals surface area contributed by atoms with E-state index in [1.165, 1.54) is 10.9 Å². The minimum atomic E-state index is -0.777. The largest absolute Gasteiger partial charge is 0.368 e. The molecule has 0 fully saturated rings. The molecule has 10 nitrogen and oxygen atoms in total. The molecule has 0 aliphatic heterocycles. The monoisotopic (exact) mass is 318 g/mol. The van der Waals surface area contributed by atoms with Gasteiger partial charge in [-0.2, -0.15) is 0 Å². The van der Waals surface area contributed by atoms with Gasteiger partial charge in [0.25, 0.3) is 5.56 Å². The summed E-state index contributed by atoms with van der Waals surface area (Å²) < 4.78 is 7.22. The first kappa shape index (κ1) is 14.8. The molecule has 3 aromatic heterocycles. The molecule has 3 rings (SSSR count). The summed E-state index contributed by atoms with van der Waals surface area (Å²) in [4.78, 5) is 42.5. The molecular weight excluding hydrogens is 304 g/mol. The normalized spacial score (nSPS) is 12.6. The molecule has 23 heavy (non-hydrogen) atoms. The highest BCUT2D eigenvalue weighted by atomic mass is 16.5. The van der Waals surface area contributed by atoms with Crippen LogP contribution in [0.3, 0.4) is 0 Å². The third-order valence-electron chi connectivity index (χ3n) is 3.54. The second-order valence-corrected chi connectivity index (χ2v) is 5.18. The van der Waals surface area contributed by atoms with Gasteiger partial charge in [0.1, 0.15) is 17.5 Å². The maximum absolute atomic E-state index is 12.6. The number of fused-ring (bicyclic) bond motifs is 1. The standard InChI is InChI=1S/C13H14N6O4/c1-6-3-8(17-23-6)4-18-12(21)9-11(16-13(18)22)15-5-19(9)7(2)10(14)20/h3,5,7H,4H2,1-2H3,(H2,14,20)(H,16,22)/t7-/m0/s1. The Morgan fingerprint density at radius 3 is 2.83 bits per heavy atom. The minimum absolute atomic E-state index is 0.0580. The van der Waals surface area contributed by atoms with Gasteiger partial charge < -0.3 is 14.8 Å². The number of aromatic amines is 1. The van der Waals surface area contributed by atoms with E-state index in [9.17, 15) is 14.4 Å². The number of nitrogens with zero attached hydrogens (tertiary/aromatic N) is 4. The quantitative estimate of drug-likeness (QED) is 0.650. The Morgan fingerprint density at radius 2 is 2.22 bits per heavy atom. The van der Waals surface area contributed by atoms with Gasteiger partial charge in [0, 0.05) is 6.07 Å². The molecule has 0 radical (unpaired) electrons. The van der Waals surface area contributed by atoms with E-state index < -0.39 is 23.2 Å². The number of imidazole rings is 1. The van der Waals surface area contributed by atoms with Gasteiger partial charge in [-0.15, -0.1) is 0 Å². The van der Waals surface area contributed by atoms with Crippen molar-refractivity contribution < 1.29 is 9.32 Å². The van der Waals surface area contributed by atoms with Crippen LogP contribution < -0.4 is 17.0 Å². The average molecular weight is 318 g/mol. The van der Waals surface area contributed by atoms with E-state index in [-0.39, 0.29) is 17.7 Å². The number of aryl methyl sites for hydroxylation is 1. The zero-order valence-electron chi connectivity index (χ0n) is 12.4. The molecule has 0 aliphatic rings. The molecule has 0 aromatic carbocycles. The fourth-order valence-corrected chi connectivity index (χ4v) is 2.28. The van der Waals surface area contributed by atoms with Crippen molar-refractivity contribution in [3.05, 3.63) is 44.7 Å². The average Bonchev–Trinajstić information content (AvgIpc) is 3.08. The van der Waals surface area contributed by atoms with E-state index >= 15 is 0 Å². The summed E-state index contributed by atoms with van der Waals surface area (Å²) in [6.07, 6.45) is 1.29. The Hall–Kier alpha value is -3.17. The van der Waals surface area contributed by atoms with Crippen molar-refractivity contribution in [1.29, 1.82) is 0 Å². The lowest BCUT2D eigenvalue weighted by Crippen LogP contribution is -2.37. The molecule has 0 spiro atoms. The number of hydrogen-bond donors (Lipinski definition) is 2. The number of carbonyl (C=O) groups excluding carboxylic acids is 1. The van der Waals surface area contributed by atoms with E-state index in [1.807, 2.05) is 0 Å². The number of primary amides is 1. The van der Waals surface area contributed by atoms with E-state index in [0.717, 1.165) is 4.57 Å². The zero-order chi connectivity index (χ0) is 16.7. The number of hydrogen-bond acceptors (Lipinski definition) is 6. The van der Waals surface area contributed by atoms with E-state index in [2.05, 4.69) is 15.1 Å². The van der Waals surface area contributed by atoms with Gasteiger partial charge in [0.15, 0.2) is 11.2 Å². The zero-order valence-corrected chi connectivity index (χ0v) is 12.4. The van der Waals surface area contributed by atoms with Gasteiger partial charge in [0.05, 0.1) is 12.9 Å². The van der Waals surface area contributed by atoms with Crippen molar-refractivity contribution in [2.24, 2.45) is 5.73 Å². The second-order valence-electron chi connectivity index (χ2n) is 5.18. The molecule has 3 aromatic rings. The first-order chi connectivity index (χ1) is 10.9. The molecule has 0 aliphatic carbocycles. The molecule has 1 atom stereocenters. The lowest BCUT2D eigenvalue weighted by Gasteiger charge is -2.10. The summed E-state index contributed by atoms with van der Waals surface area (Å²) in [6, 6.07) is 0.848. The number of amides is 1. The first-order valence-corrected chi connectivity index (χ1v) is 6.79. The van der Waals surface area contributed by atoms with Gasteiger partial charge in [0.2, 0.25) is 5.91 Å². The molecule has 3 N–H and O–H groups in total. The first-order valence-electron chi connectivity index (χ1n) is 6.79. The van der Waals surface area contributed by atoms with Crippen LogP contribution in [0.4, 0.5) is 0 Å². The number of carbonyl (C=O) groups is 1. The fraction of sp³-hybridized carbons (Fsp3) is 0.308. The van der Waals surface area contributed by atoms with E-state index in [4.69, 9.17) is 10.3 Å². The Kier molecular flexibility index (Phi) is 3.36. The molecule has 3 heterocycles. The van der Waals surface area contributed by atoms with Crippen molar-refractivity contribution in [3.63, 3.8) is 0 Å². The molecule has 1 amide bonds. The van der Waals surface area contributed by atoms with Crippen LogP contribution in [-0.4, -0.2) is 30.2 Å². The van der Waals surface area contributed by atoms with Crippen molar-refractivity contribution >= 4 is 17.1 Å². The van der Waals surface area contributed by atoms with Crippen LogP contribution in [0, 0.1) is 6.92 Å². The topological polar surface area (TPSA) is 142 Å². The third-order valence-corrected chi connectivity index (χ3v) is 3.54. The van der Waals surface area contributed by atoms with Crippen LogP contribution >= 0.6 is 0 Å². The number of H-pyrrole nitrogens is 1. The SMILES string of the molecule is Cc1cc(Cn2c(=O)[nH]c3ncn([C@@H](C)C(N)=O)c3c2=O)no1. The molecule has 0 saturated carbocycles. The summed E-state index contributed by atoms with van der Waals surface area (Å²) in [6.45, 7) is 3.19. The molecule has 0 saturated heterocycles. The van der Waals surface area contributed by atoms with Gasteiger partial charge in [-0.3, -0.25) is 19.1 Å². The van der Waals surface area contributed by atoms with Crippen LogP contribution in [0.1, 0.15) is 24.4 Å². The summed E-state index contributed by atoms with van der Waals surface area (Å²) in [5.74, 6) is -0.0495. The minimum Gasteiger partial charge on any atom is -0.368 e. The lowest BCUT2D eigenvalue weighted by molar-refractivity contribution is -0.120. The van der Waals surface area contributed by atoms with Crippen LogP contribution in [0.25, 0.3) is 11.2 Å². The fourth-order valence-electron chi connectivity index (χ4n) is 2.28. The van der Waals surface area contributed by atoms with Crippen molar-refractivity contribution in [2.45, 2.75) is 26.4 Å². The highest BCUT2D eigenvalue weighted by molar-refractivity contribution is 5.80. The number of nitrogens with one attached hydrogen (secondary N) is 1. The Balaban J connectivity index is 2.19. The smallest absolute Gasteiger partial charge is 0.330 e. The van der Waals surface area contributed by atoms with Crippen molar-refractivity contribution in [2.75, 3.05) is 0 Å². The molecule has 0 bridgehead atoms. The summed E-state index contributed by atoms with van der Waals surface area (Å²) in [7, 11) is 0. The van der Waals surface area contributed by atoms with Crippen LogP contribution in [0.15, 0.2) is 26.5 Å². The maximum atomic E-state index is 12.6. The van der Waals surface area contributed by atoms with E-state index in [0.29, 0.717) is 11.5 Å². The second kappa shape index (κ2) is 5.23. The molecule has 10 heteroatoms. The van der Waals surface area contributed by atoms with Gasteiger partial charge in [-0.25, -0.2) is 9.78 Å². The van der Waals surface area contributed by atoms with Gasteiger partial charge >= 0.3 is 5.69 Å². The Bertz CT molecular complexity index is 1010. The number of rotatable bonds is 4. The van der Waals surface area contributed by atoms with Crippen LogP contribution in [-0.2, 0) is 11.3 Å². The molecule has 0 unspecified atom stereocenters.